The van der Waals surface area contributed by atoms with Crippen LogP contribution < -0.4 is 0 Å². The second-order valence-electron chi connectivity index (χ2n) is 9.55. The molecule has 0 aromatic rings. The number of hydrogen-bond donors (Lipinski definition) is 0. The van der Waals surface area contributed by atoms with Gasteiger partial charge in [0.2, 0.25) is 5.78 Å². The highest BCUT2D eigenvalue weighted by Crippen LogP contribution is 2.66. The second kappa shape index (κ2) is 5.53. The van der Waals surface area contributed by atoms with E-state index < -0.39 is 5.41 Å². The molecule has 0 amide bonds. The van der Waals surface area contributed by atoms with Gasteiger partial charge in [-0.2, -0.15) is 0 Å². The van der Waals surface area contributed by atoms with E-state index in [1.165, 1.54) is 0 Å². The third-order valence-electron chi connectivity index (χ3n) is 8.61. The topological polar surface area (TPSA) is 51.2 Å². The Labute approximate surface area is 150 Å². The third kappa shape index (κ3) is 2.22. The molecular formula is C22H28O3. The number of hydrogen-bond acceptors (Lipinski definition) is 3. The van der Waals surface area contributed by atoms with Crippen molar-refractivity contribution in [2.24, 2.45) is 40.4 Å². The predicted molar refractivity (Wildman–Crippen MR) is 94.5 cm³/mol. The van der Waals surface area contributed by atoms with Crippen molar-refractivity contribution in [3.63, 3.8) is 0 Å². The first-order valence-corrected chi connectivity index (χ1v) is 9.84. The van der Waals surface area contributed by atoms with E-state index in [0.717, 1.165) is 25.7 Å². The van der Waals surface area contributed by atoms with Crippen molar-refractivity contribution in [1.82, 2.24) is 0 Å². The molecule has 2 unspecified atom stereocenters. The summed E-state index contributed by atoms with van der Waals surface area (Å²) in [5.41, 5.74) is -0.307. The van der Waals surface area contributed by atoms with E-state index in [2.05, 4.69) is 12.8 Å². The van der Waals surface area contributed by atoms with E-state index in [-0.39, 0.29) is 22.9 Å². The van der Waals surface area contributed by atoms with Gasteiger partial charge in [-0.3, -0.25) is 14.4 Å². The van der Waals surface area contributed by atoms with Crippen LogP contribution in [0.2, 0.25) is 0 Å². The van der Waals surface area contributed by atoms with Crippen molar-refractivity contribution in [1.29, 1.82) is 0 Å². The molecule has 3 heteroatoms. The molecule has 0 heterocycles. The Morgan fingerprint density at radius 3 is 2.60 bits per heavy atom. The monoisotopic (exact) mass is 340 g/mol. The zero-order chi connectivity index (χ0) is 18.0. The normalized spacial score (nSPS) is 49.2. The molecule has 134 valence electrons. The average molecular weight is 340 g/mol. The molecule has 0 radical (unpaired) electrons. The summed E-state index contributed by atoms with van der Waals surface area (Å²) in [6.07, 6.45) is 12.0. The standard InChI is InChI=1S/C22H28O3/c1-4-5-13-10-14-11-15(23)6-8-21(14,2)16-7-9-22(3)17(19(13)16)12-18(24)20(22)25/h1,13-14,16-17,19H,5-12H2,2-3H3/t13?,14?,16-,17+,19-,21+,22+/m1/s1. The van der Waals surface area contributed by atoms with Crippen molar-refractivity contribution in [3.05, 3.63) is 0 Å². The molecule has 4 aliphatic rings. The molecule has 3 nitrogen and oxygen atoms in total. The zero-order valence-corrected chi connectivity index (χ0v) is 15.3. The molecule has 7 atom stereocenters. The van der Waals surface area contributed by atoms with Crippen LogP contribution in [0.1, 0.15) is 65.2 Å². The lowest BCUT2D eigenvalue weighted by molar-refractivity contribution is -0.154. The van der Waals surface area contributed by atoms with Gasteiger partial charge >= 0.3 is 0 Å². The first kappa shape index (κ1) is 17.0. The van der Waals surface area contributed by atoms with Gasteiger partial charge in [0, 0.05) is 31.1 Å². The van der Waals surface area contributed by atoms with Crippen LogP contribution in [0, 0.1) is 52.8 Å². The van der Waals surface area contributed by atoms with E-state index in [0.29, 0.717) is 55.1 Å². The minimum atomic E-state index is -0.473. The molecule has 0 bridgehead atoms. The number of fused-ring (bicyclic) bond motifs is 5. The number of ketones is 3. The molecule has 4 saturated carbocycles. The van der Waals surface area contributed by atoms with Gasteiger partial charge in [-0.05, 0) is 60.7 Å². The summed E-state index contributed by atoms with van der Waals surface area (Å²) in [6, 6.07) is 0. The maximum atomic E-state index is 12.6. The van der Waals surface area contributed by atoms with E-state index in [9.17, 15) is 14.4 Å². The minimum absolute atomic E-state index is 0.137. The van der Waals surface area contributed by atoms with Crippen LogP contribution >= 0.6 is 0 Å². The first-order valence-electron chi connectivity index (χ1n) is 9.84. The van der Waals surface area contributed by atoms with Gasteiger partial charge in [-0.15, -0.1) is 12.3 Å². The Hall–Kier alpha value is -1.43. The maximum Gasteiger partial charge on any atom is 0.204 e. The summed E-state index contributed by atoms with van der Waals surface area (Å²) in [6.45, 7) is 4.39. The summed E-state index contributed by atoms with van der Waals surface area (Å²) < 4.78 is 0. The average Bonchev–Trinajstić information content (AvgIpc) is 2.80. The molecule has 0 aliphatic heterocycles. The second-order valence-corrected chi connectivity index (χ2v) is 9.55. The summed E-state index contributed by atoms with van der Waals surface area (Å²) in [4.78, 5) is 36.9. The molecule has 4 rings (SSSR count). The fourth-order valence-corrected chi connectivity index (χ4v) is 7.18. The molecule has 0 aromatic carbocycles. The first-order chi connectivity index (χ1) is 11.8. The molecule has 0 aromatic heterocycles. The summed E-state index contributed by atoms with van der Waals surface area (Å²) in [7, 11) is 0. The lowest BCUT2D eigenvalue weighted by atomic mass is 9.42. The quantitative estimate of drug-likeness (QED) is 0.541. The van der Waals surface area contributed by atoms with Gasteiger partial charge in [-0.25, -0.2) is 0 Å². The number of rotatable bonds is 1. The predicted octanol–water partition coefficient (Wildman–Crippen LogP) is 3.60. The molecule has 4 aliphatic carbocycles. The van der Waals surface area contributed by atoms with Gasteiger partial charge in [0.05, 0.1) is 0 Å². The van der Waals surface area contributed by atoms with Crippen LogP contribution in [0.4, 0.5) is 0 Å². The Kier molecular flexibility index (Phi) is 3.76. The molecule has 0 N–H and O–H groups in total. The largest absolute Gasteiger partial charge is 0.300 e. The van der Waals surface area contributed by atoms with Crippen LogP contribution in [0.15, 0.2) is 0 Å². The fourth-order valence-electron chi connectivity index (χ4n) is 7.18. The highest BCUT2D eigenvalue weighted by molar-refractivity contribution is 6.41. The molecule has 0 saturated heterocycles. The number of carbonyl (C=O) groups is 3. The maximum absolute atomic E-state index is 12.6. The SMILES string of the molecule is C#CCC1CC2CC(=O)CC[C@]2(C)[C@@H]2CC[C@]3(C)C(=O)C(=O)C[C@H]3[C@H]12. The number of Topliss-reactive ketones (excluding diaryl/α,β-unsaturated/α-hetero) is 3. The molecule has 0 spiro atoms. The molecule has 25 heavy (non-hydrogen) atoms. The van der Waals surface area contributed by atoms with Crippen molar-refractivity contribution >= 4 is 17.3 Å². The number of terminal acetylenes is 1. The Morgan fingerprint density at radius 1 is 1.12 bits per heavy atom. The third-order valence-corrected chi connectivity index (χ3v) is 8.61. The Bertz CT molecular complexity index is 686. The lowest BCUT2D eigenvalue weighted by Gasteiger charge is -2.61. The van der Waals surface area contributed by atoms with Gasteiger partial charge in [0.1, 0.15) is 5.78 Å². The minimum Gasteiger partial charge on any atom is -0.300 e. The van der Waals surface area contributed by atoms with Crippen molar-refractivity contribution in [3.8, 4) is 12.3 Å². The van der Waals surface area contributed by atoms with Crippen LogP contribution in [0.3, 0.4) is 0 Å². The van der Waals surface area contributed by atoms with E-state index in [4.69, 9.17) is 6.42 Å². The van der Waals surface area contributed by atoms with E-state index in [1.54, 1.807) is 0 Å². The van der Waals surface area contributed by atoms with E-state index >= 15 is 0 Å². The van der Waals surface area contributed by atoms with Crippen LogP contribution in [-0.2, 0) is 14.4 Å². The van der Waals surface area contributed by atoms with Gasteiger partial charge in [0.15, 0.2) is 5.78 Å². The van der Waals surface area contributed by atoms with E-state index in [1.807, 2.05) is 6.92 Å². The van der Waals surface area contributed by atoms with Gasteiger partial charge < -0.3 is 0 Å². The summed E-state index contributed by atoms with van der Waals surface area (Å²) in [5, 5.41) is 0. The van der Waals surface area contributed by atoms with Crippen LogP contribution in [0.5, 0.6) is 0 Å². The molecular weight excluding hydrogens is 312 g/mol. The number of carbonyl (C=O) groups excluding carboxylic acids is 3. The lowest BCUT2D eigenvalue weighted by Crippen LogP contribution is -2.56. The van der Waals surface area contributed by atoms with Gasteiger partial charge in [0.25, 0.3) is 0 Å². The van der Waals surface area contributed by atoms with Gasteiger partial charge in [-0.1, -0.05) is 13.8 Å². The Morgan fingerprint density at radius 2 is 1.88 bits per heavy atom. The zero-order valence-electron chi connectivity index (χ0n) is 15.3. The fraction of sp³-hybridized carbons (Fsp3) is 0.773. The van der Waals surface area contributed by atoms with Crippen LogP contribution in [-0.4, -0.2) is 17.3 Å². The smallest absolute Gasteiger partial charge is 0.204 e. The highest BCUT2D eigenvalue weighted by atomic mass is 16.2. The van der Waals surface area contributed by atoms with Crippen molar-refractivity contribution < 1.29 is 14.4 Å². The van der Waals surface area contributed by atoms with Crippen molar-refractivity contribution in [2.45, 2.75) is 65.2 Å². The van der Waals surface area contributed by atoms with Crippen molar-refractivity contribution in [2.75, 3.05) is 0 Å². The highest BCUT2D eigenvalue weighted by Gasteiger charge is 2.64. The molecule has 4 fully saturated rings. The summed E-state index contributed by atoms with van der Waals surface area (Å²) in [5.74, 6) is 4.72. The Balaban J connectivity index is 1.75. The summed E-state index contributed by atoms with van der Waals surface area (Å²) >= 11 is 0. The van der Waals surface area contributed by atoms with Crippen LogP contribution in [0.25, 0.3) is 0 Å².